The predicted octanol–water partition coefficient (Wildman–Crippen LogP) is 1.33. The number of carbonyl (C=O) groups is 1. The van der Waals surface area contributed by atoms with Crippen LogP contribution in [0.2, 0.25) is 0 Å². The number of hydrogen-bond acceptors (Lipinski definition) is 4. The highest BCUT2D eigenvalue weighted by atomic mass is 32.2. The van der Waals surface area contributed by atoms with Crippen LogP contribution in [0.5, 0.6) is 0 Å². The quantitative estimate of drug-likeness (QED) is 0.824. The van der Waals surface area contributed by atoms with Crippen molar-refractivity contribution in [1.82, 2.24) is 10.2 Å². The van der Waals surface area contributed by atoms with E-state index >= 15 is 0 Å². The Balaban J connectivity index is 1.87. The lowest BCUT2D eigenvalue weighted by Gasteiger charge is -2.26. The van der Waals surface area contributed by atoms with Crippen molar-refractivity contribution in [2.75, 3.05) is 43.4 Å². The van der Waals surface area contributed by atoms with Gasteiger partial charge in [-0.15, -0.1) is 0 Å². The maximum absolute atomic E-state index is 13.1. The van der Waals surface area contributed by atoms with Crippen molar-refractivity contribution in [1.29, 1.82) is 0 Å². The zero-order valence-electron chi connectivity index (χ0n) is 11.0. The number of rotatable bonds is 4. The first kappa shape index (κ1) is 15.1. The Morgan fingerprint density at radius 3 is 2.65 bits per heavy atom. The number of halogens is 2. The van der Waals surface area contributed by atoms with E-state index in [0.717, 1.165) is 43.3 Å². The van der Waals surface area contributed by atoms with Gasteiger partial charge in [0.25, 0.3) is 5.91 Å². The highest BCUT2D eigenvalue weighted by molar-refractivity contribution is 7.99. The fraction of sp³-hybridized carbons (Fsp3) is 0.462. The van der Waals surface area contributed by atoms with E-state index in [-0.39, 0.29) is 11.3 Å². The fourth-order valence-corrected chi connectivity index (χ4v) is 2.99. The maximum atomic E-state index is 13.1. The van der Waals surface area contributed by atoms with Crippen molar-refractivity contribution in [3.63, 3.8) is 0 Å². The molecule has 0 aliphatic carbocycles. The number of nitrogens with one attached hydrogen (secondary N) is 1. The minimum absolute atomic E-state index is 0.0295. The Kier molecular flexibility index (Phi) is 5.19. The van der Waals surface area contributed by atoms with Crippen molar-refractivity contribution in [2.45, 2.75) is 0 Å². The molecule has 1 aliphatic heterocycles. The highest BCUT2D eigenvalue weighted by Gasteiger charge is 2.15. The second kappa shape index (κ2) is 6.90. The molecule has 0 aromatic heterocycles. The van der Waals surface area contributed by atoms with E-state index < -0.39 is 17.5 Å². The number of nitrogens with zero attached hydrogens (tertiary/aromatic N) is 1. The van der Waals surface area contributed by atoms with Gasteiger partial charge >= 0.3 is 0 Å². The molecule has 1 amide bonds. The van der Waals surface area contributed by atoms with Crippen molar-refractivity contribution in [3.05, 3.63) is 29.3 Å². The third kappa shape index (κ3) is 3.83. The zero-order chi connectivity index (χ0) is 14.5. The highest BCUT2D eigenvalue weighted by Crippen LogP contribution is 2.16. The molecule has 0 saturated carbocycles. The van der Waals surface area contributed by atoms with Crippen LogP contribution in [0.15, 0.2) is 12.1 Å². The van der Waals surface area contributed by atoms with E-state index in [2.05, 4.69) is 10.2 Å². The molecular weight excluding hydrogens is 284 g/mol. The van der Waals surface area contributed by atoms with E-state index in [4.69, 9.17) is 5.73 Å². The molecule has 1 fully saturated rings. The second-order valence-corrected chi connectivity index (χ2v) is 5.79. The van der Waals surface area contributed by atoms with E-state index in [1.54, 1.807) is 0 Å². The summed E-state index contributed by atoms with van der Waals surface area (Å²) in [5.74, 6) is -0.399. The molecule has 0 radical (unpaired) electrons. The number of nitrogen functional groups attached to an aromatic ring is 1. The Bertz CT molecular complexity index is 493. The summed E-state index contributed by atoms with van der Waals surface area (Å²) in [5.41, 5.74) is 5.44. The third-order valence-electron chi connectivity index (χ3n) is 3.15. The smallest absolute Gasteiger partial charge is 0.253 e. The summed E-state index contributed by atoms with van der Waals surface area (Å²) in [6, 6.07) is 1.66. The van der Waals surface area contributed by atoms with Crippen molar-refractivity contribution >= 4 is 23.4 Å². The minimum Gasteiger partial charge on any atom is -0.398 e. The standard InChI is InChI=1S/C13H17F2N3OS/c14-10-7-9(12(16)8-11(10)15)13(19)17-1-2-18-3-5-20-6-4-18/h7-8H,1-6,16H2,(H,17,19). The van der Waals surface area contributed by atoms with E-state index in [0.29, 0.717) is 6.54 Å². The molecule has 0 atom stereocenters. The molecule has 7 heteroatoms. The van der Waals surface area contributed by atoms with Crippen LogP contribution in [0.4, 0.5) is 14.5 Å². The van der Waals surface area contributed by atoms with Gasteiger partial charge in [0, 0.05) is 49.4 Å². The van der Waals surface area contributed by atoms with Crippen molar-refractivity contribution < 1.29 is 13.6 Å². The first-order valence-electron chi connectivity index (χ1n) is 6.41. The van der Waals surface area contributed by atoms with Gasteiger partial charge in [-0.05, 0) is 6.07 Å². The Morgan fingerprint density at radius 1 is 1.30 bits per heavy atom. The van der Waals surface area contributed by atoms with Crippen LogP contribution >= 0.6 is 11.8 Å². The summed E-state index contributed by atoms with van der Waals surface area (Å²) in [4.78, 5) is 14.1. The molecule has 0 unspecified atom stereocenters. The minimum atomic E-state index is -1.07. The molecule has 1 aliphatic rings. The van der Waals surface area contributed by atoms with E-state index in [1.807, 2.05) is 11.8 Å². The molecule has 1 aromatic carbocycles. The number of nitrogens with two attached hydrogens (primary N) is 1. The number of carbonyl (C=O) groups excluding carboxylic acids is 1. The lowest BCUT2D eigenvalue weighted by atomic mass is 10.1. The monoisotopic (exact) mass is 301 g/mol. The van der Waals surface area contributed by atoms with E-state index in [1.165, 1.54) is 0 Å². The molecule has 0 spiro atoms. The van der Waals surface area contributed by atoms with Gasteiger partial charge in [0.05, 0.1) is 5.56 Å². The number of anilines is 1. The molecule has 1 aromatic rings. The Morgan fingerprint density at radius 2 is 1.95 bits per heavy atom. The average molecular weight is 301 g/mol. The lowest BCUT2D eigenvalue weighted by molar-refractivity contribution is 0.0949. The predicted molar refractivity (Wildman–Crippen MR) is 76.9 cm³/mol. The van der Waals surface area contributed by atoms with Crippen LogP contribution in [0, 0.1) is 11.6 Å². The van der Waals surface area contributed by atoms with Crippen molar-refractivity contribution in [3.8, 4) is 0 Å². The van der Waals surface area contributed by atoms with Crippen LogP contribution in [0.3, 0.4) is 0 Å². The number of thioether (sulfide) groups is 1. The van der Waals surface area contributed by atoms with Gasteiger partial charge in [-0.1, -0.05) is 0 Å². The summed E-state index contributed by atoms with van der Waals surface area (Å²) in [6.45, 7) is 3.22. The SMILES string of the molecule is Nc1cc(F)c(F)cc1C(=O)NCCN1CCSCC1. The molecule has 2 rings (SSSR count). The van der Waals surface area contributed by atoms with Gasteiger partial charge in [0.2, 0.25) is 0 Å². The first-order chi connectivity index (χ1) is 9.58. The van der Waals surface area contributed by atoms with Gasteiger partial charge in [-0.2, -0.15) is 11.8 Å². The first-order valence-corrected chi connectivity index (χ1v) is 7.56. The van der Waals surface area contributed by atoms with Gasteiger partial charge in [0.15, 0.2) is 11.6 Å². The topological polar surface area (TPSA) is 58.4 Å². The summed E-state index contributed by atoms with van der Waals surface area (Å²) in [6.07, 6.45) is 0. The lowest BCUT2D eigenvalue weighted by Crippen LogP contribution is -2.39. The van der Waals surface area contributed by atoms with Crippen LogP contribution in [0.1, 0.15) is 10.4 Å². The third-order valence-corrected chi connectivity index (χ3v) is 4.10. The summed E-state index contributed by atoms with van der Waals surface area (Å²) < 4.78 is 26.0. The normalized spacial score (nSPS) is 16.1. The van der Waals surface area contributed by atoms with Crippen LogP contribution in [-0.2, 0) is 0 Å². The largest absolute Gasteiger partial charge is 0.398 e. The number of benzene rings is 1. The molecule has 3 N–H and O–H groups in total. The summed E-state index contributed by atoms with van der Waals surface area (Å²) >= 11 is 1.92. The number of hydrogen-bond donors (Lipinski definition) is 2. The van der Waals surface area contributed by atoms with Gasteiger partial charge < -0.3 is 11.1 Å². The molecular formula is C13H17F2N3OS. The molecule has 20 heavy (non-hydrogen) atoms. The van der Waals surface area contributed by atoms with Gasteiger partial charge in [0.1, 0.15) is 0 Å². The Labute approximate surface area is 120 Å². The molecule has 1 heterocycles. The summed E-state index contributed by atoms with van der Waals surface area (Å²) in [7, 11) is 0. The van der Waals surface area contributed by atoms with Gasteiger partial charge in [-0.3, -0.25) is 9.69 Å². The molecule has 4 nitrogen and oxygen atoms in total. The van der Waals surface area contributed by atoms with Crippen molar-refractivity contribution in [2.24, 2.45) is 0 Å². The fourth-order valence-electron chi connectivity index (χ4n) is 2.01. The van der Waals surface area contributed by atoms with E-state index in [9.17, 15) is 13.6 Å². The number of amides is 1. The Hall–Kier alpha value is -1.34. The van der Waals surface area contributed by atoms with Crippen LogP contribution in [0.25, 0.3) is 0 Å². The summed E-state index contributed by atoms with van der Waals surface area (Å²) in [5, 5.41) is 2.68. The van der Waals surface area contributed by atoms with Gasteiger partial charge in [-0.25, -0.2) is 8.78 Å². The van der Waals surface area contributed by atoms with Crippen LogP contribution < -0.4 is 11.1 Å². The molecule has 1 saturated heterocycles. The molecule has 110 valence electrons. The average Bonchev–Trinajstić information content (AvgIpc) is 2.44. The molecule has 0 bridgehead atoms. The van der Waals surface area contributed by atoms with Crippen LogP contribution in [-0.4, -0.2) is 48.5 Å². The zero-order valence-corrected chi connectivity index (χ0v) is 11.8. The second-order valence-electron chi connectivity index (χ2n) is 4.56. The maximum Gasteiger partial charge on any atom is 0.253 e.